The molecule has 0 spiro atoms. The van der Waals surface area contributed by atoms with Crippen molar-refractivity contribution >= 4 is 35.2 Å². The Morgan fingerprint density at radius 3 is 2.50 bits per heavy atom. The molecule has 0 saturated heterocycles. The van der Waals surface area contributed by atoms with E-state index in [2.05, 4.69) is 16.2 Å². The molecule has 0 atom stereocenters. The topological polar surface area (TPSA) is 70.2 Å². The van der Waals surface area contributed by atoms with Crippen LogP contribution in [0, 0.1) is 5.92 Å². The van der Waals surface area contributed by atoms with Crippen molar-refractivity contribution in [1.29, 1.82) is 0 Å². The second-order valence-corrected chi connectivity index (χ2v) is 4.86. The van der Waals surface area contributed by atoms with E-state index in [0.29, 0.717) is 0 Å². The third kappa shape index (κ3) is 4.81. The van der Waals surface area contributed by atoms with Crippen LogP contribution in [-0.2, 0) is 9.59 Å². The summed E-state index contributed by atoms with van der Waals surface area (Å²) in [4.78, 5) is 22.9. The maximum atomic E-state index is 11.6. The second-order valence-electron chi connectivity index (χ2n) is 4.45. The van der Waals surface area contributed by atoms with Crippen molar-refractivity contribution in [3.05, 3.63) is 42.0 Å². The molecular weight excluding hydrogens is 274 g/mol. The van der Waals surface area contributed by atoms with Crippen LogP contribution in [0.3, 0.4) is 0 Å². The van der Waals surface area contributed by atoms with Gasteiger partial charge in [-0.2, -0.15) is 0 Å². The molecule has 2 amide bonds. The third-order valence-electron chi connectivity index (χ3n) is 2.71. The molecule has 104 valence electrons. The average Bonchev–Trinajstić information content (AvgIpc) is 3.28. The lowest BCUT2D eigenvalue weighted by molar-refractivity contribution is -0.123. The molecule has 1 aliphatic rings. The van der Waals surface area contributed by atoms with Crippen LogP contribution in [0.4, 0.5) is 0 Å². The zero-order valence-corrected chi connectivity index (χ0v) is 11.6. The van der Waals surface area contributed by atoms with E-state index in [1.807, 2.05) is 30.3 Å². The number of benzene rings is 1. The van der Waals surface area contributed by atoms with Crippen molar-refractivity contribution in [1.82, 2.24) is 16.2 Å². The number of carbonyl (C=O) groups is 2. The lowest BCUT2D eigenvalue weighted by Crippen LogP contribution is -2.48. The largest absolute Gasteiger partial charge is 0.298 e. The normalized spacial score (nSPS) is 13.8. The summed E-state index contributed by atoms with van der Waals surface area (Å²) in [5.41, 5.74) is 5.87. The van der Waals surface area contributed by atoms with Crippen LogP contribution < -0.4 is 16.2 Å². The third-order valence-corrected chi connectivity index (χ3v) is 2.91. The van der Waals surface area contributed by atoms with Gasteiger partial charge in [0.15, 0.2) is 5.11 Å². The summed E-state index contributed by atoms with van der Waals surface area (Å²) < 4.78 is 0. The zero-order valence-electron chi connectivity index (χ0n) is 10.8. The Morgan fingerprint density at radius 1 is 1.15 bits per heavy atom. The predicted octanol–water partition coefficient (Wildman–Crippen LogP) is 1.13. The highest BCUT2D eigenvalue weighted by molar-refractivity contribution is 7.80. The first-order valence-electron chi connectivity index (χ1n) is 6.29. The van der Waals surface area contributed by atoms with E-state index in [1.165, 1.54) is 6.08 Å². The molecule has 0 bridgehead atoms. The van der Waals surface area contributed by atoms with Gasteiger partial charge in [-0.15, -0.1) is 0 Å². The van der Waals surface area contributed by atoms with Crippen molar-refractivity contribution in [3.8, 4) is 0 Å². The van der Waals surface area contributed by atoms with E-state index in [4.69, 9.17) is 12.2 Å². The number of carbonyl (C=O) groups excluding carboxylic acids is 2. The van der Waals surface area contributed by atoms with Gasteiger partial charge in [-0.25, -0.2) is 0 Å². The number of amides is 2. The second kappa shape index (κ2) is 6.81. The lowest BCUT2D eigenvalue weighted by Gasteiger charge is -2.08. The first kappa shape index (κ1) is 14.2. The summed E-state index contributed by atoms with van der Waals surface area (Å²) >= 11 is 4.89. The minimum atomic E-state index is -0.355. The van der Waals surface area contributed by atoms with Crippen LogP contribution in [0.25, 0.3) is 6.08 Å². The fourth-order valence-electron chi connectivity index (χ4n) is 1.49. The highest BCUT2D eigenvalue weighted by Crippen LogP contribution is 2.28. The number of thiocarbonyl (C=S) groups is 1. The smallest absolute Gasteiger partial charge is 0.250 e. The van der Waals surface area contributed by atoms with E-state index in [0.717, 1.165) is 18.4 Å². The summed E-state index contributed by atoms with van der Waals surface area (Å²) in [5.74, 6) is -0.368. The fourth-order valence-corrected chi connectivity index (χ4v) is 1.64. The Balaban J connectivity index is 1.72. The number of rotatable bonds is 3. The van der Waals surface area contributed by atoms with Gasteiger partial charge in [-0.3, -0.25) is 25.8 Å². The summed E-state index contributed by atoms with van der Waals surface area (Å²) in [6.45, 7) is 0. The molecule has 5 nitrogen and oxygen atoms in total. The molecule has 3 N–H and O–H groups in total. The van der Waals surface area contributed by atoms with E-state index >= 15 is 0 Å². The average molecular weight is 289 g/mol. The first-order chi connectivity index (χ1) is 9.65. The van der Waals surface area contributed by atoms with Crippen molar-refractivity contribution in [2.75, 3.05) is 0 Å². The van der Waals surface area contributed by atoms with Gasteiger partial charge in [0.2, 0.25) is 11.8 Å². The minimum Gasteiger partial charge on any atom is -0.298 e. The molecular formula is C14H15N3O2S. The summed E-state index contributed by atoms with van der Waals surface area (Å²) in [7, 11) is 0. The summed E-state index contributed by atoms with van der Waals surface area (Å²) in [5, 5.41) is 2.52. The Kier molecular flexibility index (Phi) is 4.84. The SMILES string of the molecule is O=C(/C=C/c1ccccc1)NC(=S)NNC(=O)C1CC1. The molecule has 1 aliphatic carbocycles. The van der Waals surface area contributed by atoms with Crippen LogP contribution in [0.2, 0.25) is 0 Å². The van der Waals surface area contributed by atoms with Gasteiger partial charge in [0, 0.05) is 12.0 Å². The molecule has 6 heteroatoms. The van der Waals surface area contributed by atoms with Crippen LogP contribution in [0.15, 0.2) is 36.4 Å². The van der Waals surface area contributed by atoms with Crippen LogP contribution >= 0.6 is 12.2 Å². The van der Waals surface area contributed by atoms with Gasteiger partial charge in [-0.1, -0.05) is 30.3 Å². The molecule has 0 radical (unpaired) electrons. The van der Waals surface area contributed by atoms with Crippen molar-refractivity contribution in [3.63, 3.8) is 0 Å². The van der Waals surface area contributed by atoms with Crippen LogP contribution in [0.1, 0.15) is 18.4 Å². The molecule has 20 heavy (non-hydrogen) atoms. The Hall–Kier alpha value is -2.21. The van der Waals surface area contributed by atoms with Crippen LogP contribution in [0.5, 0.6) is 0 Å². The number of nitrogens with one attached hydrogen (secondary N) is 3. The summed E-state index contributed by atoms with van der Waals surface area (Å²) in [6.07, 6.45) is 4.88. The number of hydrogen-bond donors (Lipinski definition) is 3. The first-order valence-corrected chi connectivity index (χ1v) is 6.70. The summed E-state index contributed by atoms with van der Waals surface area (Å²) in [6, 6.07) is 9.44. The van der Waals surface area contributed by atoms with E-state index in [9.17, 15) is 9.59 Å². The van der Waals surface area contributed by atoms with Crippen molar-refractivity contribution < 1.29 is 9.59 Å². The van der Waals surface area contributed by atoms with Gasteiger partial charge >= 0.3 is 0 Å². The molecule has 0 aliphatic heterocycles. The maximum absolute atomic E-state index is 11.6. The van der Waals surface area contributed by atoms with Gasteiger partial charge in [0.05, 0.1) is 0 Å². The van der Waals surface area contributed by atoms with E-state index < -0.39 is 0 Å². The van der Waals surface area contributed by atoms with Crippen molar-refractivity contribution in [2.45, 2.75) is 12.8 Å². The minimum absolute atomic E-state index is 0.0710. The molecule has 0 unspecified atom stereocenters. The quantitative estimate of drug-likeness (QED) is 0.443. The maximum Gasteiger partial charge on any atom is 0.250 e. The van der Waals surface area contributed by atoms with Crippen molar-refractivity contribution in [2.24, 2.45) is 5.92 Å². The molecule has 2 rings (SSSR count). The Labute approximate surface area is 122 Å². The van der Waals surface area contributed by atoms with E-state index in [-0.39, 0.29) is 22.8 Å². The molecule has 1 aromatic carbocycles. The molecule has 1 aromatic rings. The monoisotopic (exact) mass is 289 g/mol. The van der Waals surface area contributed by atoms with Gasteiger partial charge in [-0.05, 0) is 36.7 Å². The zero-order chi connectivity index (χ0) is 14.4. The highest BCUT2D eigenvalue weighted by Gasteiger charge is 2.29. The van der Waals surface area contributed by atoms with Gasteiger partial charge in [0.1, 0.15) is 0 Å². The standard InChI is InChI=1S/C14H15N3O2S/c18-12(9-6-10-4-2-1-3-5-10)15-14(20)17-16-13(19)11-7-8-11/h1-6,9,11H,7-8H2,(H,16,19)(H2,15,17,18,20)/b9-6+. The number of hydrogen-bond acceptors (Lipinski definition) is 3. The van der Waals surface area contributed by atoms with Gasteiger partial charge < -0.3 is 0 Å². The van der Waals surface area contributed by atoms with Crippen LogP contribution in [-0.4, -0.2) is 16.9 Å². The molecule has 0 aromatic heterocycles. The highest BCUT2D eigenvalue weighted by atomic mass is 32.1. The molecule has 1 saturated carbocycles. The molecule has 1 fully saturated rings. The lowest BCUT2D eigenvalue weighted by atomic mass is 10.2. The number of hydrazine groups is 1. The molecule has 0 heterocycles. The van der Waals surface area contributed by atoms with Gasteiger partial charge in [0.25, 0.3) is 0 Å². The predicted molar refractivity (Wildman–Crippen MR) is 80.2 cm³/mol. The fraction of sp³-hybridized carbons (Fsp3) is 0.214. The Bertz CT molecular complexity index is 539. The Morgan fingerprint density at radius 2 is 1.85 bits per heavy atom. The van der Waals surface area contributed by atoms with E-state index in [1.54, 1.807) is 6.08 Å².